The first-order valence-corrected chi connectivity index (χ1v) is 9.59. The number of nitriles is 1. The molecule has 0 aliphatic carbocycles. The molecule has 1 aliphatic heterocycles. The summed E-state index contributed by atoms with van der Waals surface area (Å²) in [5.41, 5.74) is 8.90. The van der Waals surface area contributed by atoms with E-state index in [1.54, 1.807) is 40.8 Å². The van der Waals surface area contributed by atoms with Gasteiger partial charge in [-0.2, -0.15) is 10.4 Å². The van der Waals surface area contributed by atoms with Gasteiger partial charge in [-0.3, -0.25) is 9.48 Å². The minimum atomic E-state index is -0.689. The zero-order chi connectivity index (χ0) is 22.1. The highest BCUT2D eigenvalue weighted by Gasteiger charge is 2.29. The fraction of sp³-hybridized carbons (Fsp3) is 0.182. The van der Waals surface area contributed by atoms with Crippen molar-refractivity contribution in [3.8, 4) is 17.3 Å². The highest BCUT2D eigenvalue weighted by atomic mass is 19.1. The number of halogens is 1. The summed E-state index contributed by atoms with van der Waals surface area (Å²) in [5.74, 6) is -1.14. The van der Waals surface area contributed by atoms with Crippen LogP contribution < -0.4 is 11.1 Å². The van der Waals surface area contributed by atoms with Crippen molar-refractivity contribution in [2.45, 2.75) is 20.0 Å². The Morgan fingerprint density at radius 3 is 2.71 bits per heavy atom. The van der Waals surface area contributed by atoms with Gasteiger partial charge in [0.05, 0.1) is 36.0 Å². The Labute approximate surface area is 177 Å². The minimum absolute atomic E-state index is 0.127. The Morgan fingerprint density at radius 1 is 1.23 bits per heavy atom. The molecule has 156 valence electrons. The number of aromatic nitrogens is 2. The fourth-order valence-electron chi connectivity index (χ4n) is 3.66. The summed E-state index contributed by atoms with van der Waals surface area (Å²) in [5, 5.41) is 16.3. The van der Waals surface area contributed by atoms with Crippen molar-refractivity contribution in [2.75, 3.05) is 11.9 Å². The standard InChI is InChI=1S/C22H19FN6O2/c1-13-9-17(6-5-15(13)11-24)26-22(31)28-7-8-29-18(12-28)19(21(25)30)20(27-29)14-3-2-4-16(23)10-14/h2-6,9-10H,7-8,12H2,1H3,(H2,25,30)(H,26,31). The molecule has 4 rings (SSSR count). The van der Waals surface area contributed by atoms with Gasteiger partial charge in [-0.25, -0.2) is 9.18 Å². The van der Waals surface area contributed by atoms with Gasteiger partial charge in [0, 0.05) is 17.8 Å². The summed E-state index contributed by atoms with van der Waals surface area (Å²) >= 11 is 0. The number of carbonyl (C=O) groups is 2. The average Bonchev–Trinajstić information content (AvgIpc) is 3.13. The largest absolute Gasteiger partial charge is 0.365 e. The molecule has 0 bridgehead atoms. The molecule has 2 aromatic carbocycles. The average molecular weight is 418 g/mol. The third-order valence-electron chi connectivity index (χ3n) is 5.21. The molecule has 0 spiro atoms. The number of nitrogens with two attached hydrogens (primary N) is 1. The quantitative estimate of drug-likeness (QED) is 0.680. The van der Waals surface area contributed by atoms with E-state index in [0.29, 0.717) is 41.3 Å². The number of hydrogen-bond donors (Lipinski definition) is 2. The van der Waals surface area contributed by atoms with E-state index in [-0.39, 0.29) is 18.1 Å². The highest BCUT2D eigenvalue weighted by molar-refractivity contribution is 6.00. The number of aryl methyl sites for hydroxylation is 1. The zero-order valence-electron chi connectivity index (χ0n) is 16.7. The second kappa shape index (κ2) is 7.91. The van der Waals surface area contributed by atoms with Gasteiger partial charge >= 0.3 is 6.03 Å². The molecule has 0 saturated carbocycles. The van der Waals surface area contributed by atoms with Gasteiger partial charge < -0.3 is 16.0 Å². The number of primary amides is 1. The molecule has 1 aliphatic rings. The predicted octanol–water partition coefficient (Wildman–Crippen LogP) is 3.02. The molecule has 0 saturated heterocycles. The first-order valence-electron chi connectivity index (χ1n) is 9.59. The maximum Gasteiger partial charge on any atom is 0.322 e. The van der Waals surface area contributed by atoms with Crippen molar-refractivity contribution in [1.82, 2.24) is 14.7 Å². The third kappa shape index (κ3) is 3.83. The molecule has 2 heterocycles. The molecule has 3 aromatic rings. The van der Waals surface area contributed by atoms with Crippen LogP contribution in [0.2, 0.25) is 0 Å². The molecular formula is C22H19FN6O2. The normalized spacial score (nSPS) is 12.7. The second-order valence-corrected chi connectivity index (χ2v) is 7.26. The van der Waals surface area contributed by atoms with Crippen LogP contribution in [0.1, 0.15) is 27.2 Å². The number of carbonyl (C=O) groups excluding carboxylic acids is 2. The van der Waals surface area contributed by atoms with E-state index in [4.69, 9.17) is 11.0 Å². The smallest absolute Gasteiger partial charge is 0.322 e. The van der Waals surface area contributed by atoms with Gasteiger partial charge in [-0.15, -0.1) is 0 Å². The first kappa shape index (κ1) is 20.1. The molecule has 0 fully saturated rings. The van der Waals surface area contributed by atoms with Gasteiger partial charge in [0.25, 0.3) is 5.91 Å². The summed E-state index contributed by atoms with van der Waals surface area (Å²) < 4.78 is 15.3. The van der Waals surface area contributed by atoms with Gasteiger partial charge in [-0.1, -0.05) is 12.1 Å². The number of hydrogen-bond acceptors (Lipinski definition) is 4. The SMILES string of the molecule is Cc1cc(NC(=O)N2CCn3nc(-c4cccc(F)c4)c(C(N)=O)c3C2)ccc1C#N. The second-order valence-electron chi connectivity index (χ2n) is 7.26. The van der Waals surface area contributed by atoms with Crippen LogP contribution in [-0.4, -0.2) is 33.2 Å². The van der Waals surface area contributed by atoms with Crippen LogP contribution in [-0.2, 0) is 13.1 Å². The third-order valence-corrected chi connectivity index (χ3v) is 5.21. The van der Waals surface area contributed by atoms with E-state index < -0.39 is 11.7 Å². The predicted molar refractivity (Wildman–Crippen MR) is 111 cm³/mol. The van der Waals surface area contributed by atoms with Crippen LogP contribution in [0.25, 0.3) is 11.3 Å². The number of amides is 3. The lowest BCUT2D eigenvalue weighted by molar-refractivity contribution is 0.0997. The van der Waals surface area contributed by atoms with Gasteiger partial charge in [0.1, 0.15) is 11.5 Å². The van der Waals surface area contributed by atoms with E-state index in [2.05, 4.69) is 16.5 Å². The summed E-state index contributed by atoms with van der Waals surface area (Å²) in [7, 11) is 0. The highest BCUT2D eigenvalue weighted by Crippen LogP contribution is 2.29. The molecule has 1 aromatic heterocycles. The van der Waals surface area contributed by atoms with Crippen LogP contribution in [0.3, 0.4) is 0 Å². The number of nitrogens with zero attached hydrogens (tertiary/aromatic N) is 4. The molecule has 3 amide bonds. The lowest BCUT2D eigenvalue weighted by atomic mass is 10.0. The maximum atomic E-state index is 13.7. The molecule has 3 N–H and O–H groups in total. The molecule has 9 heteroatoms. The van der Waals surface area contributed by atoms with Crippen LogP contribution in [0.15, 0.2) is 42.5 Å². The Morgan fingerprint density at radius 2 is 2.03 bits per heavy atom. The van der Waals surface area contributed by atoms with Gasteiger partial charge in [0.15, 0.2) is 0 Å². The maximum absolute atomic E-state index is 13.7. The van der Waals surface area contributed by atoms with E-state index in [9.17, 15) is 14.0 Å². The van der Waals surface area contributed by atoms with Crippen molar-refractivity contribution >= 4 is 17.6 Å². The minimum Gasteiger partial charge on any atom is -0.365 e. The van der Waals surface area contributed by atoms with Crippen molar-refractivity contribution in [3.63, 3.8) is 0 Å². The Hall–Kier alpha value is -4.19. The lowest BCUT2D eigenvalue weighted by Crippen LogP contribution is -2.41. The van der Waals surface area contributed by atoms with E-state index in [0.717, 1.165) is 5.56 Å². The number of urea groups is 1. The van der Waals surface area contributed by atoms with E-state index in [1.165, 1.54) is 18.2 Å². The van der Waals surface area contributed by atoms with Crippen molar-refractivity contribution in [3.05, 3.63) is 70.7 Å². The number of benzene rings is 2. The van der Waals surface area contributed by atoms with E-state index in [1.807, 2.05) is 0 Å². The number of anilines is 1. The summed E-state index contributed by atoms with van der Waals surface area (Å²) in [6.07, 6.45) is 0. The molecular weight excluding hydrogens is 399 g/mol. The molecule has 0 atom stereocenters. The van der Waals surface area contributed by atoms with Crippen molar-refractivity contribution in [2.24, 2.45) is 5.73 Å². The number of rotatable bonds is 3. The molecule has 8 nitrogen and oxygen atoms in total. The fourth-order valence-corrected chi connectivity index (χ4v) is 3.66. The van der Waals surface area contributed by atoms with Gasteiger partial charge in [0.2, 0.25) is 0 Å². The van der Waals surface area contributed by atoms with Crippen molar-refractivity contribution < 1.29 is 14.0 Å². The van der Waals surface area contributed by atoms with E-state index >= 15 is 0 Å². The van der Waals surface area contributed by atoms with Gasteiger partial charge in [-0.05, 0) is 42.8 Å². The number of fused-ring (bicyclic) bond motifs is 1. The molecule has 0 radical (unpaired) electrons. The summed E-state index contributed by atoms with van der Waals surface area (Å²) in [6, 6.07) is 12.6. The van der Waals surface area contributed by atoms with Crippen LogP contribution in [0.4, 0.5) is 14.9 Å². The lowest BCUT2D eigenvalue weighted by Gasteiger charge is -2.28. The van der Waals surface area contributed by atoms with Crippen LogP contribution in [0.5, 0.6) is 0 Å². The Bertz CT molecular complexity index is 1240. The zero-order valence-corrected chi connectivity index (χ0v) is 16.7. The summed E-state index contributed by atoms with van der Waals surface area (Å²) in [6.45, 7) is 2.66. The molecule has 0 unspecified atom stereocenters. The van der Waals surface area contributed by atoms with Crippen LogP contribution in [0, 0.1) is 24.1 Å². The van der Waals surface area contributed by atoms with Crippen molar-refractivity contribution in [1.29, 1.82) is 5.26 Å². The topological polar surface area (TPSA) is 117 Å². The first-order chi connectivity index (χ1) is 14.9. The number of nitrogens with one attached hydrogen (secondary N) is 1. The monoisotopic (exact) mass is 418 g/mol. The van der Waals surface area contributed by atoms with Crippen LogP contribution >= 0.6 is 0 Å². The molecule has 31 heavy (non-hydrogen) atoms. The summed E-state index contributed by atoms with van der Waals surface area (Å²) in [4.78, 5) is 26.6. The Kier molecular flexibility index (Phi) is 5.13. The Balaban J connectivity index is 1.61.